The molecule has 0 aliphatic carbocycles. The Bertz CT molecular complexity index is 138. The standard InChI is InChI=1S/C4H9F2O3P/c1-3-9-10(7,8-2)4(5)6/h4H,3H2,1-2H3. The van der Waals surface area contributed by atoms with E-state index in [0.717, 1.165) is 7.11 Å². The van der Waals surface area contributed by atoms with Crippen molar-refractivity contribution in [1.29, 1.82) is 0 Å². The summed E-state index contributed by atoms with van der Waals surface area (Å²) in [5, 5.41) is 0. The van der Waals surface area contributed by atoms with Gasteiger partial charge in [0, 0.05) is 7.11 Å². The lowest BCUT2D eigenvalue weighted by Crippen LogP contribution is -2.00. The summed E-state index contributed by atoms with van der Waals surface area (Å²) in [5.74, 6) is 0. The van der Waals surface area contributed by atoms with Gasteiger partial charge in [-0.25, -0.2) is 0 Å². The molecule has 0 amide bonds. The highest BCUT2D eigenvalue weighted by atomic mass is 31.2. The van der Waals surface area contributed by atoms with Crippen molar-refractivity contribution in [3.63, 3.8) is 0 Å². The molecule has 0 spiro atoms. The zero-order valence-electron chi connectivity index (χ0n) is 5.71. The van der Waals surface area contributed by atoms with E-state index in [2.05, 4.69) is 9.05 Å². The highest BCUT2D eigenvalue weighted by Gasteiger charge is 2.34. The predicted molar refractivity (Wildman–Crippen MR) is 32.2 cm³/mol. The third kappa shape index (κ3) is 2.33. The van der Waals surface area contributed by atoms with E-state index in [4.69, 9.17) is 0 Å². The maximum Gasteiger partial charge on any atom is 0.396 e. The van der Waals surface area contributed by atoms with Crippen LogP contribution in [-0.2, 0) is 13.6 Å². The molecule has 0 bridgehead atoms. The van der Waals surface area contributed by atoms with Crippen LogP contribution in [0.3, 0.4) is 0 Å². The van der Waals surface area contributed by atoms with Crippen LogP contribution >= 0.6 is 7.60 Å². The van der Waals surface area contributed by atoms with Gasteiger partial charge in [-0.05, 0) is 6.92 Å². The lowest BCUT2D eigenvalue weighted by molar-refractivity contribution is 0.146. The number of halogens is 2. The summed E-state index contributed by atoms with van der Waals surface area (Å²) in [5.41, 5.74) is 0. The van der Waals surface area contributed by atoms with E-state index < -0.39 is 13.8 Å². The minimum absolute atomic E-state index is 0.0462. The van der Waals surface area contributed by atoms with Gasteiger partial charge in [0.05, 0.1) is 6.61 Å². The Morgan fingerprint density at radius 1 is 1.60 bits per heavy atom. The first-order valence-corrected chi connectivity index (χ1v) is 4.26. The number of rotatable bonds is 4. The molecule has 0 rings (SSSR count). The van der Waals surface area contributed by atoms with Gasteiger partial charge < -0.3 is 9.05 Å². The minimum Gasteiger partial charge on any atom is -0.308 e. The lowest BCUT2D eigenvalue weighted by Gasteiger charge is -2.12. The fourth-order valence-corrected chi connectivity index (χ4v) is 1.11. The SMILES string of the molecule is CCOP(=O)(OC)C(F)F. The minimum atomic E-state index is -4.11. The van der Waals surface area contributed by atoms with E-state index in [1.807, 2.05) is 0 Å². The van der Waals surface area contributed by atoms with Crippen LogP contribution in [-0.4, -0.2) is 19.9 Å². The molecule has 1 atom stereocenters. The monoisotopic (exact) mass is 174 g/mol. The second-order valence-electron chi connectivity index (χ2n) is 1.42. The van der Waals surface area contributed by atoms with Crippen LogP contribution in [0.15, 0.2) is 0 Å². The molecule has 62 valence electrons. The molecular formula is C4H9F2O3P. The molecule has 3 nitrogen and oxygen atoms in total. The first-order chi connectivity index (χ1) is 4.56. The zero-order valence-corrected chi connectivity index (χ0v) is 6.61. The molecule has 0 saturated heterocycles. The van der Waals surface area contributed by atoms with Gasteiger partial charge >= 0.3 is 13.8 Å². The van der Waals surface area contributed by atoms with Crippen molar-refractivity contribution in [3.05, 3.63) is 0 Å². The number of alkyl halides is 2. The van der Waals surface area contributed by atoms with Crippen molar-refractivity contribution in [2.45, 2.75) is 13.1 Å². The highest BCUT2D eigenvalue weighted by Crippen LogP contribution is 2.53. The number of hydrogen-bond acceptors (Lipinski definition) is 3. The zero-order chi connectivity index (χ0) is 8.20. The van der Waals surface area contributed by atoms with Crippen LogP contribution in [0.1, 0.15) is 6.92 Å². The topological polar surface area (TPSA) is 35.5 Å². The molecule has 0 saturated carbocycles. The summed E-state index contributed by atoms with van der Waals surface area (Å²) in [4.78, 5) is 0. The van der Waals surface area contributed by atoms with Gasteiger partial charge in [0.15, 0.2) is 0 Å². The van der Waals surface area contributed by atoms with Crippen LogP contribution in [0.5, 0.6) is 0 Å². The Morgan fingerprint density at radius 3 is 2.20 bits per heavy atom. The summed E-state index contributed by atoms with van der Waals surface area (Å²) in [7, 11) is -3.17. The van der Waals surface area contributed by atoms with Crippen molar-refractivity contribution in [2.75, 3.05) is 13.7 Å². The molecule has 0 aromatic heterocycles. The van der Waals surface area contributed by atoms with E-state index >= 15 is 0 Å². The van der Waals surface area contributed by atoms with Crippen molar-refractivity contribution >= 4 is 7.60 Å². The maximum atomic E-state index is 11.8. The molecule has 0 aliphatic heterocycles. The molecule has 0 aromatic carbocycles. The molecule has 0 N–H and O–H groups in total. The van der Waals surface area contributed by atoms with E-state index in [-0.39, 0.29) is 6.61 Å². The second kappa shape index (κ2) is 4.01. The quantitative estimate of drug-likeness (QED) is 0.612. The Hall–Kier alpha value is 0.01000. The predicted octanol–water partition coefficient (Wildman–Crippen LogP) is 2.08. The Kier molecular flexibility index (Phi) is 4.01. The summed E-state index contributed by atoms with van der Waals surface area (Å²) < 4.78 is 42.4. The Balaban J connectivity index is 4.10. The second-order valence-corrected chi connectivity index (χ2v) is 3.51. The molecule has 1 unspecified atom stereocenters. The molecule has 6 heteroatoms. The van der Waals surface area contributed by atoms with Crippen LogP contribution in [0.2, 0.25) is 0 Å². The molecule has 0 fully saturated rings. The fraction of sp³-hybridized carbons (Fsp3) is 1.00. The summed E-state index contributed by atoms with van der Waals surface area (Å²) in [6, 6.07) is 0. The lowest BCUT2D eigenvalue weighted by atomic mass is 10.9. The summed E-state index contributed by atoms with van der Waals surface area (Å²) >= 11 is 0. The molecule has 0 aromatic rings. The smallest absolute Gasteiger partial charge is 0.308 e. The molecule has 0 radical (unpaired) electrons. The van der Waals surface area contributed by atoms with Crippen LogP contribution < -0.4 is 0 Å². The molecule has 0 aliphatic rings. The largest absolute Gasteiger partial charge is 0.396 e. The van der Waals surface area contributed by atoms with Gasteiger partial charge in [-0.2, -0.15) is 8.78 Å². The van der Waals surface area contributed by atoms with E-state index in [0.29, 0.717) is 0 Å². The first-order valence-electron chi connectivity index (χ1n) is 2.65. The van der Waals surface area contributed by atoms with Gasteiger partial charge in [0.2, 0.25) is 0 Å². The first kappa shape index (κ1) is 10.0. The van der Waals surface area contributed by atoms with Gasteiger partial charge in [-0.1, -0.05) is 0 Å². The van der Waals surface area contributed by atoms with Crippen molar-refractivity contribution in [2.24, 2.45) is 0 Å². The third-order valence-electron chi connectivity index (χ3n) is 0.803. The van der Waals surface area contributed by atoms with Gasteiger partial charge in [-0.15, -0.1) is 0 Å². The van der Waals surface area contributed by atoms with Crippen LogP contribution in [0.4, 0.5) is 8.78 Å². The van der Waals surface area contributed by atoms with E-state index in [9.17, 15) is 13.3 Å². The van der Waals surface area contributed by atoms with Gasteiger partial charge in [-0.3, -0.25) is 4.57 Å². The molecule has 10 heavy (non-hydrogen) atoms. The fourth-order valence-electron chi connectivity index (χ4n) is 0.369. The third-order valence-corrected chi connectivity index (χ3v) is 2.41. The van der Waals surface area contributed by atoms with Gasteiger partial charge in [0.1, 0.15) is 0 Å². The highest BCUT2D eigenvalue weighted by molar-refractivity contribution is 7.54. The average Bonchev–Trinajstić information content (AvgIpc) is 1.88. The Labute approximate surface area is 57.9 Å². The number of hydrogen-bond donors (Lipinski definition) is 0. The van der Waals surface area contributed by atoms with Crippen LogP contribution in [0, 0.1) is 0 Å². The summed E-state index contributed by atoms with van der Waals surface area (Å²) in [6.45, 7) is 1.42. The molecule has 0 heterocycles. The van der Waals surface area contributed by atoms with Crippen molar-refractivity contribution in [1.82, 2.24) is 0 Å². The summed E-state index contributed by atoms with van der Waals surface area (Å²) in [6.07, 6.45) is -3.06. The average molecular weight is 174 g/mol. The van der Waals surface area contributed by atoms with Crippen molar-refractivity contribution in [3.8, 4) is 0 Å². The molecular weight excluding hydrogens is 165 g/mol. The van der Waals surface area contributed by atoms with E-state index in [1.165, 1.54) is 6.92 Å². The normalized spacial score (nSPS) is 17.3. The van der Waals surface area contributed by atoms with Gasteiger partial charge in [0.25, 0.3) is 0 Å². The van der Waals surface area contributed by atoms with Crippen molar-refractivity contribution < 1.29 is 22.4 Å². The van der Waals surface area contributed by atoms with E-state index in [1.54, 1.807) is 0 Å². The maximum absolute atomic E-state index is 11.8. The Morgan fingerprint density at radius 2 is 2.10 bits per heavy atom. The van der Waals surface area contributed by atoms with Crippen LogP contribution in [0.25, 0.3) is 0 Å².